The summed E-state index contributed by atoms with van der Waals surface area (Å²) < 4.78 is 5.13. The van der Waals surface area contributed by atoms with Crippen LogP contribution in [0.4, 0.5) is 0 Å². The number of aromatic nitrogens is 1. The molecule has 10 heteroatoms. The number of amides is 2. The molecule has 9 nitrogen and oxygen atoms in total. The molecule has 1 heterocycles. The fourth-order valence-corrected chi connectivity index (χ4v) is 3.25. The average Bonchev–Trinajstić information content (AvgIpc) is 2.81. The van der Waals surface area contributed by atoms with E-state index in [9.17, 15) is 19.2 Å². The van der Waals surface area contributed by atoms with Gasteiger partial charge in [-0.2, -0.15) is 0 Å². The van der Waals surface area contributed by atoms with Gasteiger partial charge in [-0.3, -0.25) is 19.2 Å². The quantitative estimate of drug-likeness (QED) is 0.383. The van der Waals surface area contributed by atoms with Gasteiger partial charge >= 0.3 is 5.97 Å². The SMILES string of the molecule is CON(C)C(=O)COC(=O)C(Cc1cc(=O)[nH]c2ccccc12)NC(=O)c1ccc(Cl)cc1. The van der Waals surface area contributed by atoms with E-state index in [2.05, 4.69) is 10.3 Å². The van der Waals surface area contributed by atoms with Gasteiger partial charge in [-0.15, -0.1) is 0 Å². The number of pyridine rings is 1. The number of carbonyl (C=O) groups is 3. The predicted octanol–water partition coefficient (Wildman–Crippen LogP) is 2.09. The molecule has 0 saturated heterocycles. The first-order valence-corrected chi connectivity index (χ1v) is 10.3. The van der Waals surface area contributed by atoms with Crippen LogP contribution in [0, 0.1) is 0 Å². The smallest absolute Gasteiger partial charge is 0.329 e. The number of para-hydroxylation sites is 1. The number of H-pyrrole nitrogens is 1. The van der Waals surface area contributed by atoms with E-state index < -0.39 is 30.4 Å². The highest BCUT2D eigenvalue weighted by Crippen LogP contribution is 2.17. The summed E-state index contributed by atoms with van der Waals surface area (Å²) in [4.78, 5) is 57.2. The molecule has 0 spiro atoms. The van der Waals surface area contributed by atoms with E-state index >= 15 is 0 Å². The summed E-state index contributed by atoms with van der Waals surface area (Å²) in [6, 6.07) is 13.4. The zero-order chi connectivity index (χ0) is 24.0. The van der Waals surface area contributed by atoms with E-state index in [-0.39, 0.29) is 17.5 Å². The number of halogens is 1. The molecule has 0 aliphatic heterocycles. The van der Waals surface area contributed by atoms with E-state index in [0.717, 1.165) is 5.06 Å². The number of aromatic amines is 1. The summed E-state index contributed by atoms with van der Waals surface area (Å²) in [6.45, 7) is -0.577. The Kier molecular flexibility index (Phi) is 7.81. The van der Waals surface area contributed by atoms with Crippen molar-refractivity contribution < 1.29 is 24.0 Å². The monoisotopic (exact) mass is 471 g/mol. The maximum Gasteiger partial charge on any atom is 0.329 e. The first-order chi connectivity index (χ1) is 15.8. The van der Waals surface area contributed by atoms with Gasteiger partial charge in [-0.25, -0.2) is 9.86 Å². The molecular weight excluding hydrogens is 450 g/mol. The van der Waals surface area contributed by atoms with Crippen molar-refractivity contribution in [3.8, 4) is 0 Å². The van der Waals surface area contributed by atoms with Gasteiger partial charge in [0.25, 0.3) is 11.8 Å². The van der Waals surface area contributed by atoms with Crippen molar-refractivity contribution in [2.45, 2.75) is 12.5 Å². The molecule has 2 amide bonds. The summed E-state index contributed by atoms with van der Waals surface area (Å²) in [7, 11) is 2.67. The summed E-state index contributed by atoms with van der Waals surface area (Å²) in [5.74, 6) is -1.96. The third kappa shape index (κ3) is 6.18. The molecule has 0 aliphatic carbocycles. The van der Waals surface area contributed by atoms with Crippen molar-refractivity contribution in [3.05, 3.63) is 81.1 Å². The van der Waals surface area contributed by atoms with Crippen molar-refractivity contribution >= 4 is 40.3 Å². The Morgan fingerprint density at radius 3 is 2.52 bits per heavy atom. The number of nitrogens with zero attached hydrogens (tertiary/aromatic N) is 1. The number of hydroxylamine groups is 2. The number of rotatable bonds is 8. The lowest BCUT2D eigenvalue weighted by Crippen LogP contribution is -2.44. The fourth-order valence-electron chi connectivity index (χ4n) is 3.13. The second kappa shape index (κ2) is 10.8. The summed E-state index contributed by atoms with van der Waals surface area (Å²) in [5.41, 5.74) is 1.06. The van der Waals surface area contributed by atoms with Gasteiger partial charge in [0.15, 0.2) is 6.61 Å². The Balaban J connectivity index is 1.87. The molecule has 172 valence electrons. The number of fused-ring (bicyclic) bond motifs is 1. The largest absolute Gasteiger partial charge is 0.454 e. The number of likely N-dealkylation sites (N-methyl/N-ethyl adjacent to an activating group) is 1. The molecule has 0 fully saturated rings. The molecule has 2 N–H and O–H groups in total. The molecule has 2 aromatic carbocycles. The topological polar surface area (TPSA) is 118 Å². The predicted molar refractivity (Wildman–Crippen MR) is 122 cm³/mol. The molecule has 1 atom stereocenters. The van der Waals surface area contributed by atoms with E-state index in [1.54, 1.807) is 36.4 Å². The van der Waals surface area contributed by atoms with Crippen molar-refractivity contribution in [1.82, 2.24) is 15.4 Å². The number of nitrogens with one attached hydrogen (secondary N) is 2. The van der Waals surface area contributed by atoms with Crippen LogP contribution in [0.25, 0.3) is 10.9 Å². The lowest BCUT2D eigenvalue weighted by atomic mass is 10.0. The maximum atomic E-state index is 12.8. The highest BCUT2D eigenvalue weighted by atomic mass is 35.5. The highest BCUT2D eigenvalue weighted by Gasteiger charge is 2.26. The number of hydrogen-bond donors (Lipinski definition) is 2. The minimum Gasteiger partial charge on any atom is -0.454 e. The minimum absolute atomic E-state index is 0.0308. The van der Waals surface area contributed by atoms with E-state index in [0.29, 0.717) is 21.5 Å². The first-order valence-electron chi connectivity index (χ1n) is 9.93. The number of hydrogen-bond acceptors (Lipinski definition) is 6. The number of ether oxygens (including phenoxy) is 1. The van der Waals surface area contributed by atoms with Crippen LogP contribution in [0.15, 0.2) is 59.4 Å². The number of esters is 1. The van der Waals surface area contributed by atoms with Gasteiger partial charge in [-0.1, -0.05) is 29.8 Å². The molecule has 0 radical (unpaired) electrons. The molecule has 1 aromatic heterocycles. The van der Waals surface area contributed by atoms with Gasteiger partial charge in [0.05, 0.1) is 7.11 Å². The van der Waals surface area contributed by atoms with Gasteiger partial charge < -0.3 is 15.0 Å². The highest BCUT2D eigenvalue weighted by molar-refractivity contribution is 6.30. The second-order valence-corrected chi connectivity index (χ2v) is 7.56. The lowest BCUT2D eigenvalue weighted by Gasteiger charge is -2.19. The van der Waals surface area contributed by atoms with E-state index in [4.69, 9.17) is 21.2 Å². The first kappa shape index (κ1) is 24.0. The Labute approximate surface area is 194 Å². The molecule has 0 saturated carbocycles. The van der Waals surface area contributed by atoms with Crippen molar-refractivity contribution in [1.29, 1.82) is 0 Å². The Morgan fingerprint density at radius 1 is 1.12 bits per heavy atom. The van der Waals surface area contributed by atoms with E-state index in [1.165, 1.54) is 32.4 Å². The third-order valence-corrected chi connectivity index (χ3v) is 5.17. The summed E-state index contributed by atoms with van der Waals surface area (Å²) in [5, 5.41) is 4.71. The third-order valence-electron chi connectivity index (χ3n) is 4.92. The maximum absolute atomic E-state index is 12.8. The number of carbonyl (C=O) groups excluding carboxylic acids is 3. The van der Waals surface area contributed by atoms with Crippen LogP contribution in [0.3, 0.4) is 0 Å². The molecular formula is C23H22ClN3O6. The Morgan fingerprint density at radius 2 is 1.82 bits per heavy atom. The van der Waals surface area contributed by atoms with Crippen LogP contribution in [0.2, 0.25) is 5.02 Å². The van der Waals surface area contributed by atoms with Crippen LogP contribution >= 0.6 is 11.6 Å². The van der Waals surface area contributed by atoms with Crippen LogP contribution < -0.4 is 10.9 Å². The number of benzene rings is 2. The summed E-state index contributed by atoms with van der Waals surface area (Å²) in [6.07, 6.45) is -0.0308. The fraction of sp³-hybridized carbons (Fsp3) is 0.217. The van der Waals surface area contributed by atoms with Crippen molar-refractivity contribution in [3.63, 3.8) is 0 Å². The van der Waals surface area contributed by atoms with Crippen molar-refractivity contribution in [2.24, 2.45) is 0 Å². The molecule has 0 aliphatic rings. The lowest BCUT2D eigenvalue weighted by molar-refractivity contribution is -0.177. The Hall–Kier alpha value is -3.69. The van der Waals surface area contributed by atoms with Gasteiger partial charge in [-0.05, 0) is 35.9 Å². The van der Waals surface area contributed by atoms with Crippen LogP contribution in [0.5, 0.6) is 0 Å². The molecule has 1 unspecified atom stereocenters. The van der Waals surface area contributed by atoms with Crippen LogP contribution in [-0.4, -0.2) is 54.6 Å². The second-order valence-electron chi connectivity index (χ2n) is 7.12. The van der Waals surface area contributed by atoms with Crippen molar-refractivity contribution in [2.75, 3.05) is 20.8 Å². The standard InChI is InChI=1S/C23H22ClN3O6/c1-27(32-2)21(29)13-33-23(31)19(26-22(30)14-7-9-16(24)10-8-14)11-15-12-20(28)25-18-6-4-3-5-17(15)18/h3-10,12,19H,11,13H2,1-2H3,(H,25,28)(H,26,30). The molecule has 33 heavy (non-hydrogen) atoms. The normalized spacial score (nSPS) is 11.6. The van der Waals surface area contributed by atoms with Gasteiger partial charge in [0.1, 0.15) is 6.04 Å². The average molecular weight is 472 g/mol. The zero-order valence-electron chi connectivity index (χ0n) is 18.0. The van der Waals surface area contributed by atoms with E-state index in [1.807, 2.05) is 0 Å². The molecule has 3 rings (SSSR count). The zero-order valence-corrected chi connectivity index (χ0v) is 18.7. The van der Waals surface area contributed by atoms with Crippen LogP contribution in [0.1, 0.15) is 15.9 Å². The van der Waals surface area contributed by atoms with Gasteiger partial charge in [0, 0.05) is 41.0 Å². The molecule has 3 aromatic rings. The summed E-state index contributed by atoms with van der Waals surface area (Å²) >= 11 is 5.87. The van der Waals surface area contributed by atoms with Gasteiger partial charge in [0.2, 0.25) is 5.56 Å². The van der Waals surface area contributed by atoms with Crippen LogP contribution in [-0.2, 0) is 25.6 Å². The molecule has 0 bridgehead atoms. The Bertz CT molecular complexity index is 1220. The minimum atomic E-state index is -1.17.